The number of hydrogen-bond donors (Lipinski definition) is 2. The van der Waals surface area contributed by atoms with Gasteiger partial charge in [0.1, 0.15) is 25.6 Å². The molecule has 12 heteroatoms. The first kappa shape index (κ1) is 26.5. The number of carbonyl (C=O) groups excluding carboxylic acids is 4. The maximum absolute atomic E-state index is 12.5. The van der Waals surface area contributed by atoms with Gasteiger partial charge in [0.15, 0.2) is 11.5 Å². The Morgan fingerprint density at radius 2 is 1.50 bits per heavy atom. The van der Waals surface area contributed by atoms with E-state index in [1.165, 1.54) is 33.0 Å². The molecule has 2 amide bonds. The molecular formula is C22H29N3O9. The fourth-order valence-electron chi connectivity index (χ4n) is 3.02. The van der Waals surface area contributed by atoms with E-state index in [1.807, 2.05) is 0 Å². The molecule has 1 heterocycles. The van der Waals surface area contributed by atoms with Crippen LogP contribution in [0.15, 0.2) is 29.5 Å². The SMILES string of the molecule is COC(=O)C1=C(C(=O)OC)N(c2ccc(OCCNC(C)=O)c(OCCNC(C)=O)c2)COC1. The Bertz CT molecular complexity index is 946. The number of benzene rings is 1. The van der Waals surface area contributed by atoms with E-state index in [0.717, 1.165) is 0 Å². The Morgan fingerprint density at radius 3 is 2.06 bits per heavy atom. The van der Waals surface area contributed by atoms with Crippen LogP contribution in [0.1, 0.15) is 13.8 Å². The van der Waals surface area contributed by atoms with Gasteiger partial charge in [-0.2, -0.15) is 0 Å². The Morgan fingerprint density at radius 1 is 0.912 bits per heavy atom. The van der Waals surface area contributed by atoms with Gasteiger partial charge in [-0.3, -0.25) is 9.59 Å². The van der Waals surface area contributed by atoms with Crippen LogP contribution >= 0.6 is 0 Å². The number of nitrogens with zero attached hydrogens (tertiary/aromatic N) is 1. The first-order chi connectivity index (χ1) is 16.3. The van der Waals surface area contributed by atoms with Gasteiger partial charge in [-0.05, 0) is 12.1 Å². The zero-order valence-corrected chi connectivity index (χ0v) is 19.6. The third kappa shape index (κ3) is 7.37. The summed E-state index contributed by atoms with van der Waals surface area (Å²) in [5.74, 6) is -1.12. The fourth-order valence-corrected chi connectivity index (χ4v) is 3.02. The van der Waals surface area contributed by atoms with Crippen molar-refractivity contribution in [2.75, 3.05) is 58.8 Å². The number of ether oxygens (including phenoxy) is 5. The molecule has 0 spiro atoms. The minimum atomic E-state index is -0.729. The van der Waals surface area contributed by atoms with Crippen LogP contribution in [0.3, 0.4) is 0 Å². The predicted molar refractivity (Wildman–Crippen MR) is 119 cm³/mol. The summed E-state index contributed by atoms with van der Waals surface area (Å²) in [5, 5.41) is 5.26. The van der Waals surface area contributed by atoms with Gasteiger partial charge in [-0.1, -0.05) is 0 Å². The van der Waals surface area contributed by atoms with Crippen molar-refractivity contribution in [1.82, 2.24) is 10.6 Å². The first-order valence-corrected chi connectivity index (χ1v) is 10.4. The standard InChI is InChI=1S/C22H29N3O9/c1-14(26)23-7-9-33-18-6-5-16(11-19(18)34-10-8-24-15(2)27)25-13-32-12-17(21(28)30-3)20(25)22(29)31-4/h5-6,11H,7-10,12-13H2,1-4H3,(H,23,26)(H,24,27). The van der Waals surface area contributed by atoms with Crippen LogP contribution in [0.25, 0.3) is 0 Å². The quantitative estimate of drug-likeness (QED) is 0.332. The minimum absolute atomic E-state index is 0.0101. The van der Waals surface area contributed by atoms with E-state index in [9.17, 15) is 19.2 Å². The number of esters is 2. The smallest absolute Gasteiger partial charge is 0.355 e. The van der Waals surface area contributed by atoms with Crippen molar-refractivity contribution in [3.8, 4) is 11.5 Å². The van der Waals surface area contributed by atoms with Crippen molar-refractivity contribution in [2.45, 2.75) is 13.8 Å². The lowest BCUT2D eigenvalue weighted by molar-refractivity contribution is -0.140. The average molecular weight is 479 g/mol. The molecule has 0 radical (unpaired) electrons. The first-order valence-electron chi connectivity index (χ1n) is 10.4. The van der Waals surface area contributed by atoms with Crippen LogP contribution in [-0.2, 0) is 33.4 Å². The molecule has 0 aromatic heterocycles. The third-order valence-corrected chi connectivity index (χ3v) is 4.54. The second-order valence-corrected chi connectivity index (χ2v) is 7.01. The van der Waals surface area contributed by atoms with Crippen LogP contribution in [0, 0.1) is 0 Å². The van der Waals surface area contributed by atoms with E-state index < -0.39 is 11.9 Å². The second kappa shape index (κ2) is 13.0. The maximum Gasteiger partial charge on any atom is 0.355 e. The molecule has 0 saturated heterocycles. The fraction of sp³-hybridized carbons (Fsp3) is 0.455. The molecule has 1 aliphatic heterocycles. The van der Waals surface area contributed by atoms with Crippen molar-refractivity contribution >= 4 is 29.4 Å². The molecule has 0 fully saturated rings. The van der Waals surface area contributed by atoms with Crippen LogP contribution in [0.4, 0.5) is 5.69 Å². The van der Waals surface area contributed by atoms with Crippen LogP contribution < -0.4 is 25.0 Å². The van der Waals surface area contributed by atoms with E-state index in [0.29, 0.717) is 23.7 Å². The molecular weight excluding hydrogens is 450 g/mol. The summed E-state index contributed by atoms with van der Waals surface area (Å²) in [6, 6.07) is 4.88. The molecule has 0 aliphatic carbocycles. The Balaban J connectivity index is 2.35. The summed E-state index contributed by atoms with van der Waals surface area (Å²) in [7, 11) is 2.41. The summed E-state index contributed by atoms with van der Waals surface area (Å²) in [6.45, 7) is 3.55. The van der Waals surface area contributed by atoms with E-state index in [2.05, 4.69) is 10.6 Å². The number of amides is 2. The molecule has 34 heavy (non-hydrogen) atoms. The molecule has 186 valence electrons. The number of carbonyl (C=O) groups is 4. The van der Waals surface area contributed by atoms with Gasteiger partial charge in [-0.25, -0.2) is 9.59 Å². The van der Waals surface area contributed by atoms with Crippen LogP contribution in [0.5, 0.6) is 11.5 Å². The number of hydrogen-bond acceptors (Lipinski definition) is 10. The lowest BCUT2D eigenvalue weighted by atomic mass is 10.1. The zero-order chi connectivity index (χ0) is 25.1. The highest BCUT2D eigenvalue weighted by atomic mass is 16.5. The van der Waals surface area contributed by atoms with Crippen molar-refractivity contribution in [3.05, 3.63) is 29.5 Å². The van der Waals surface area contributed by atoms with Crippen LogP contribution in [-0.4, -0.2) is 77.6 Å². The molecule has 1 aromatic carbocycles. The topological polar surface area (TPSA) is 142 Å². The molecule has 0 unspecified atom stereocenters. The largest absolute Gasteiger partial charge is 0.488 e. The maximum atomic E-state index is 12.5. The number of anilines is 1. The van der Waals surface area contributed by atoms with Crippen LogP contribution in [0.2, 0.25) is 0 Å². The molecule has 0 atom stereocenters. The van der Waals surface area contributed by atoms with Crippen molar-refractivity contribution in [2.24, 2.45) is 0 Å². The van der Waals surface area contributed by atoms with Gasteiger partial charge < -0.3 is 39.2 Å². The average Bonchev–Trinajstić information content (AvgIpc) is 2.83. The van der Waals surface area contributed by atoms with E-state index >= 15 is 0 Å². The molecule has 0 bridgehead atoms. The van der Waals surface area contributed by atoms with Gasteiger partial charge in [-0.15, -0.1) is 0 Å². The number of rotatable bonds is 11. The lowest BCUT2D eigenvalue weighted by Gasteiger charge is -2.31. The third-order valence-electron chi connectivity index (χ3n) is 4.54. The molecule has 2 rings (SSSR count). The summed E-state index contributed by atoms with van der Waals surface area (Å²) >= 11 is 0. The molecule has 1 aromatic rings. The highest BCUT2D eigenvalue weighted by Gasteiger charge is 2.32. The molecule has 1 aliphatic rings. The molecule has 0 saturated carbocycles. The Labute approximate surface area is 197 Å². The minimum Gasteiger partial charge on any atom is -0.488 e. The van der Waals surface area contributed by atoms with E-state index in [-0.39, 0.29) is 56.2 Å². The van der Waals surface area contributed by atoms with Crippen molar-refractivity contribution < 1.29 is 42.9 Å². The van der Waals surface area contributed by atoms with Gasteiger partial charge >= 0.3 is 11.9 Å². The van der Waals surface area contributed by atoms with Crippen molar-refractivity contribution in [3.63, 3.8) is 0 Å². The van der Waals surface area contributed by atoms with Gasteiger partial charge in [0.05, 0.1) is 39.5 Å². The van der Waals surface area contributed by atoms with E-state index in [4.69, 9.17) is 23.7 Å². The Hall–Kier alpha value is -3.80. The second-order valence-electron chi connectivity index (χ2n) is 7.01. The molecule has 12 nitrogen and oxygen atoms in total. The summed E-state index contributed by atoms with van der Waals surface area (Å²) < 4.78 is 26.7. The summed E-state index contributed by atoms with van der Waals surface area (Å²) in [5.41, 5.74) is 0.471. The van der Waals surface area contributed by atoms with Crippen molar-refractivity contribution in [1.29, 1.82) is 0 Å². The normalized spacial score (nSPS) is 13.1. The monoisotopic (exact) mass is 479 g/mol. The summed E-state index contributed by atoms with van der Waals surface area (Å²) in [6.07, 6.45) is 0. The number of nitrogens with one attached hydrogen (secondary N) is 2. The highest BCUT2D eigenvalue weighted by molar-refractivity contribution is 6.03. The Kier molecular flexibility index (Phi) is 10.1. The highest BCUT2D eigenvalue weighted by Crippen LogP contribution is 2.35. The molecule has 2 N–H and O–H groups in total. The lowest BCUT2D eigenvalue weighted by Crippen LogP contribution is -2.38. The van der Waals surface area contributed by atoms with Gasteiger partial charge in [0, 0.05) is 25.6 Å². The zero-order valence-electron chi connectivity index (χ0n) is 19.6. The number of methoxy groups -OCH3 is 2. The van der Waals surface area contributed by atoms with Gasteiger partial charge in [0.25, 0.3) is 0 Å². The van der Waals surface area contributed by atoms with Gasteiger partial charge in [0.2, 0.25) is 11.8 Å². The predicted octanol–water partition coefficient (Wildman–Crippen LogP) is 0.111. The van der Waals surface area contributed by atoms with E-state index in [1.54, 1.807) is 18.2 Å². The summed E-state index contributed by atoms with van der Waals surface area (Å²) in [4.78, 5) is 48.4.